The number of rotatable bonds is 4. The Labute approximate surface area is 74.3 Å². The van der Waals surface area contributed by atoms with Gasteiger partial charge in [0.2, 0.25) is 0 Å². The molecule has 0 aromatic carbocycles. The lowest BCUT2D eigenvalue weighted by atomic mass is 9.93. The Bertz CT molecular complexity index is 198. The van der Waals surface area contributed by atoms with Crippen molar-refractivity contribution in [3.05, 3.63) is 0 Å². The quantitative estimate of drug-likeness (QED) is 0.596. The van der Waals surface area contributed by atoms with Crippen molar-refractivity contribution in [1.82, 2.24) is 0 Å². The Morgan fingerprint density at radius 2 is 2.17 bits per heavy atom. The molecule has 0 rings (SSSR count). The zero-order valence-electron chi connectivity index (χ0n) is 8.18. The number of terminal acetylenes is 1. The standard InChI is InChI=1S/C10H16O2/c1-6-8(3)9(11)10(4,5)12-7-2/h1,8H,7H2,2-5H3. The van der Waals surface area contributed by atoms with E-state index in [0.717, 1.165) is 0 Å². The number of carbonyl (C=O) groups is 1. The molecule has 68 valence electrons. The number of hydrogen-bond acceptors (Lipinski definition) is 2. The summed E-state index contributed by atoms with van der Waals surface area (Å²) < 4.78 is 5.27. The molecule has 0 aromatic heterocycles. The average molecular weight is 168 g/mol. The second-order valence-electron chi connectivity index (χ2n) is 3.20. The molecule has 1 atom stereocenters. The molecule has 0 aliphatic rings. The molecule has 0 heterocycles. The number of hydrogen-bond donors (Lipinski definition) is 0. The number of Topliss-reactive ketones (excluding diaryl/α,β-unsaturated/α-hetero) is 1. The molecule has 0 radical (unpaired) electrons. The van der Waals surface area contributed by atoms with Crippen molar-refractivity contribution in [1.29, 1.82) is 0 Å². The summed E-state index contributed by atoms with van der Waals surface area (Å²) >= 11 is 0. The van der Waals surface area contributed by atoms with Crippen LogP contribution in [0.15, 0.2) is 0 Å². The van der Waals surface area contributed by atoms with Gasteiger partial charge in [0, 0.05) is 6.61 Å². The van der Waals surface area contributed by atoms with E-state index >= 15 is 0 Å². The topological polar surface area (TPSA) is 26.3 Å². The van der Waals surface area contributed by atoms with Crippen molar-refractivity contribution < 1.29 is 9.53 Å². The highest BCUT2D eigenvalue weighted by atomic mass is 16.5. The third kappa shape index (κ3) is 2.67. The molecule has 2 nitrogen and oxygen atoms in total. The first-order valence-electron chi connectivity index (χ1n) is 4.10. The van der Waals surface area contributed by atoms with Gasteiger partial charge in [-0.3, -0.25) is 4.79 Å². The average Bonchev–Trinajstić information content (AvgIpc) is 2.01. The van der Waals surface area contributed by atoms with Crippen LogP contribution >= 0.6 is 0 Å². The molecule has 0 fully saturated rings. The van der Waals surface area contributed by atoms with Gasteiger partial charge >= 0.3 is 0 Å². The summed E-state index contributed by atoms with van der Waals surface area (Å²) in [7, 11) is 0. The summed E-state index contributed by atoms with van der Waals surface area (Å²) in [4.78, 5) is 11.5. The molecule has 0 saturated carbocycles. The number of ether oxygens (including phenoxy) is 1. The van der Waals surface area contributed by atoms with Gasteiger partial charge in [0.25, 0.3) is 0 Å². The minimum absolute atomic E-state index is 0.0353. The fourth-order valence-electron chi connectivity index (χ4n) is 1.03. The van der Waals surface area contributed by atoms with E-state index < -0.39 is 5.60 Å². The monoisotopic (exact) mass is 168 g/mol. The summed E-state index contributed by atoms with van der Waals surface area (Å²) in [6, 6.07) is 0. The van der Waals surface area contributed by atoms with Gasteiger partial charge in [0.1, 0.15) is 5.60 Å². The number of carbonyl (C=O) groups excluding carboxylic acids is 1. The largest absolute Gasteiger partial charge is 0.368 e. The van der Waals surface area contributed by atoms with Gasteiger partial charge in [-0.2, -0.15) is 0 Å². The zero-order valence-corrected chi connectivity index (χ0v) is 8.18. The maximum absolute atomic E-state index is 11.5. The van der Waals surface area contributed by atoms with Crippen LogP contribution in [-0.4, -0.2) is 18.0 Å². The van der Waals surface area contributed by atoms with Crippen LogP contribution in [0, 0.1) is 18.3 Å². The van der Waals surface area contributed by atoms with Crippen molar-refractivity contribution in [2.45, 2.75) is 33.3 Å². The van der Waals surface area contributed by atoms with E-state index in [1.807, 2.05) is 6.92 Å². The lowest BCUT2D eigenvalue weighted by molar-refractivity contribution is -0.141. The van der Waals surface area contributed by atoms with Gasteiger partial charge in [-0.05, 0) is 27.7 Å². The molecule has 2 heteroatoms. The smallest absolute Gasteiger partial charge is 0.178 e. The van der Waals surface area contributed by atoms with E-state index in [1.54, 1.807) is 20.8 Å². The molecule has 0 aliphatic carbocycles. The second kappa shape index (κ2) is 4.27. The summed E-state index contributed by atoms with van der Waals surface area (Å²) in [6.45, 7) is 7.58. The van der Waals surface area contributed by atoms with Crippen molar-refractivity contribution in [3.8, 4) is 12.3 Å². The van der Waals surface area contributed by atoms with Crippen LogP contribution in [-0.2, 0) is 9.53 Å². The van der Waals surface area contributed by atoms with Crippen LogP contribution in [0.25, 0.3) is 0 Å². The first-order valence-corrected chi connectivity index (χ1v) is 4.10. The van der Waals surface area contributed by atoms with E-state index in [4.69, 9.17) is 11.2 Å². The third-order valence-corrected chi connectivity index (χ3v) is 1.74. The molecule has 0 spiro atoms. The van der Waals surface area contributed by atoms with Gasteiger partial charge in [-0.1, -0.05) is 5.92 Å². The van der Waals surface area contributed by atoms with Crippen LogP contribution in [0.4, 0.5) is 0 Å². The molecule has 0 amide bonds. The molecule has 12 heavy (non-hydrogen) atoms. The number of ketones is 1. The van der Waals surface area contributed by atoms with Crippen molar-refractivity contribution in [2.24, 2.45) is 5.92 Å². The Kier molecular flexibility index (Phi) is 3.99. The molecule has 0 N–H and O–H groups in total. The fraction of sp³-hybridized carbons (Fsp3) is 0.700. The Morgan fingerprint density at radius 1 is 1.67 bits per heavy atom. The summed E-state index contributed by atoms with van der Waals surface area (Å²) in [6.07, 6.45) is 5.14. The highest BCUT2D eigenvalue weighted by molar-refractivity contribution is 5.90. The predicted molar refractivity (Wildman–Crippen MR) is 48.7 cm³/mol. The SMILES string of the molecule is C#CC(C)C(=O)C(C)(C)OCC. The lowest BCUT2D eigenvalue weighted by Crippen LogP contribution is -2.38. The van der Waals surface area contributed by atoms with Crippen LogP contribution in [0.5, 0.6) is 0 Å². The third-order valence-electron chi connectivity index (χ3n) is 1.74. The molecule has 0 aliphatic heterocycles. The molecular formula is C10H16O2. The molecular weight excluding hydrogens is 152 g/mol. The van der Waals surface area contributed by atoms with E-state index in [9.17, 15) is 4.79 Å². The minimum Gasteiger partial charge on any atom is -0.368 e. The highest BCUT2D eigenvalue weighted by Crippen LogP contribution is 2.15. The molecule has 0 aromatic rings. The van der Waals surface area contributed by atoms with Crippen LogP contribution in [0.2, 0.25) is 0 Å². The maximum atomic E-state index is 11.5. The fourth-order valence-corrected chi connectivity index (χ4v) is 1.03. The molecule has 1 unspecified atom stereocenters. The van der Waals surface area contributed by atoms with Crippen LogP contribution in [0.3, 0.4) is 0 Å². The van der Waals surface area contributed by atoms with Crippen LogP contribution in [0.1, 0.15) is 27.7 Å². The van der Waals surface area contributed by atoms with Gasteiger partial charge in [0.15, 0.2) is 5.78 Å². The van der Waals surface area contributed by atoms with E-state index in [1.165, 1.54) is 0 Å². The van der Waals surface area contributed by atoms with E-state index in [2.05, 4.69) is 5.92 Å². The second-order valence-corrected chi connectivity index (χ2v) is 3.20. The van der Waals surface area contributed by atoms with E-state index in [0.29, 0.717) is 6.61 Å². The van der Waals surface area contributed by atoms with Crippen molar-refractivity contribution in [2.75, 3.05) is 6.61 Å². The van der Waals surface area contributed by atoms with Crippen LogP contribution < -0.4 is 0 Å². The van der Waals surface area contributed by atoms with Crippen molar-refractivity contribution in [3.63, 3.8) is 0 Å². The Hall–Kier alpha value is -0.810. The van der Waals surface area contributed by atoms with Gasteiger partial charge in [-0.25, -0.2) is 0 Å². The highest BCUT2D eigenvalue weighted by Gasteiger charge is 2.30. The van der Waals surface area contributed by atoms with Gasteiger partial charge < -0.3 is 4.74 Å². The minimum atomic E-state index is -0.749. The Morgan fingerprint density at radius 3 is 2.50 bits per heavy atom. The summed E-state index contributed by atoms with van der Waals surface area (Å²) in [5, 5.41) is 0. The van der Waals surface area contributed by atoms with E-state index in [-0.39, 0.29) is 11.7 Å². The zero-order chi connectivity index (χ0) is 9.78. The van der Waals surface area contributed by atoms with Gasteiger partial charge in [0.05, 0.1) is 5.92 Å². The predicted octanol–water partition coefficient (Wildman–Crippen LogP) is 1.64. The normalized spacial score (nSPS) is 13.6. The van der Waals surface area contributed by atoms with Gasteiger partial charge in [-0.15, -0.1) is 6.42 Å². The summed E-state index contributed by atoms with van der Waals surface area (Å²) in [5.74, 6) is 2.00. The summed E-state index contributed by atoms with van der Waals surface area (Å²) in [5.41, 5.74) is -0.749. The van der Waals surface area contributed by atoms with Crippen molar-refractivity contribution >= 4 is 5.78 Å². The molecule has 0 saturated heterocycles. The first kappa shape index (κ1) is 11.2. The molecule has 0 bridgehead atoms. The Balaban J connectivity index is 4.37. The maximum Gasteiger partial charge on any atom is 0.178 e. The first-order chi connectivity index (χ1) is 5.45. The lowest BCUT2D eigenvalue weighted by Gasteiger charge is -2.24.